The first-order chi connectivity index (χ1) is 13.0. The molecule has 0 fully saturated rings. The standard InChI is InChI=1S/C19H20N6O2/c1-24(12-17-13-25(2)23-22-17)18(26)14-8-10-16(11-9-14)21-19(27)20-15-6-4-3-5-7-15/h3-11,13H,12H2,1-2H3,(H2,20,21,27). The van der Waals surface area contributed by atoms with Crippen molar-refractivity contribution in [3.8, 4) is 0 Å². The second-order valence-electron chi connectivity index (χ2n) is 6.07. The van der Waals surface area contributed by atoms with E-state index in [1.54, 1.807) is 66.3 Å². The number of hydrogen-bond donors (Lipinski definition) is 2. The van der Waals surface area contributed by atoms with Crippen molar-refractivity contribution in [2.75, 3.05) is 17.7 Å². The van der Waals surface area contributed by atoms with Crippen molar-refractivity contribution >= 4 is 23.3 Å². The van der Waals surface area contributed by atoms with Crippen molar-refractivity contribution in [1.29, 1.82) is 0 Å². The van der Waals surface area contributed by atoms with Gasteiger partial charge in [0.2, 0.25) is 0 Å². The topological polar surface area (TPSA) is 92.2 Å². The average molecular weight is 364 g/mol. The predicted octanol–water partition coefficient (Wildman–Crippen LogP) is 2.73. The molecule has 0 radical (unpaired) electrons. The summed E-state index contributed by atoms with van der Waals surface area (Å²) in [4.78, 5) is 26.1. The number of urea groups is 1. The van der Waals surface area contributed by atoms with Crippen LogP contribution in [0.1, 0.15) is 16.1 Å². The molecular weight excluding hydrogens is 344 g/mol. The van der Waals surface area contributed by atoms with E-state index in [1.165, 1.54) is 0 Å². The normalized spacial score (nSPS) is 10.3. The maximum atomic E-state index is 12.5. The van der Waals surface area contributed by atoms with Crippen LogP contribution in [-0.4, -0.2) is 38.9 Å². The van der Waals surface area contributed by atoms with Gasteiger partial charge in [-0.3, -0.25) is 9.48 Å². The molecule has 27 heavy (non-hydrogen) atoms. The van der Waals surface area contributed by atoms with Crippen LogP contribution in [0.15, 0.2) is 60.8 Å². The van der Waals surface area contributed by atoms with Crippen LogP contribution in [0.3, 0.4) is 0 Å². The van der Waals surface area contributed by atoms with Crippen LogP contribution < -0.4 is 10.6 Å². The van der Waals surface area contributed by atoms with E-state index < -0.39 is 0 Å². The number of aryl methyl sites for hydroxylation is 1. The molecule has 0 bridgehead atoms. The minimum atomic E-state index is -0.347. The summed E-state index contributed by atoms with van der Waals surface area (Å²) in [6.45, 7) is 0.367. The summed E-state index contributed by atoms with van der Waals surface area (Å²) in [6.07, 6.45) is 1.77. The van der Waals surface area contributed by atoms with Gasteiger partial charge in [0.1, 0.15) is 5.69 Å². The fraction of sp³-hybridized carbons (Fsp3) is 0.158. The maximum absolute atomic E-state index is 12.5. The van der Waals surface area contributed by atoms with Crippen LogP contribution in [0.2, 0.25) is 0 Å². The molecule has 0 unspecified atom stereocenters. The Morgan fingerprint density at radius 2 is 1.63 bits per heavy atom. The fourth-order valence-electron chi connectivity index (χ4n) is 2.51. The first-order valence-corrected chi connectivity index (χ1v) is 8.35. The smallest absolute Gasteiger partial charge is 0.323 e. The SMILES string of the molecule is CN(Cc1cn(C)nn1)C(=O)c1ccc(NC(=O)Nc2ccccc2)cc1. The Kier molecular flexibility index (Phi) is 5.46. The lowest BCUT2D eigenvalue weighted by Crippen LogP contribution is -2.26. The van der Waals surface area contributed by atoms with Crippen molar-refractivity contribution in [2.24, 2.45) is 7.05 Å². The number of carbonyl (C=O) groups is 2. The van der Waals surface area contributed by atoms with E-state index in [2.05, 4.69) is 20.9 Å². The second-order valence-corrected chi connectivity index (χ2v) is 6.07. The highest BCUT2D eigenvalue weighted by Gasteiger charge is 2.13. The summed E-state index contributed by atoms with van der Waals surface area (Å²) in [5, 5.41) is 13.3. The van der Waals surface area contributed by atoms with Crippen molar-refractivity contribution in [3.63, 3.8) is 0 Å². The predicted molar refractivity (Wildman–Crippen MR) is 102 cm³/mol. The molecule has 8 nitrogen and oxygen atoms in total. The molecule has 0 saturated carbocycles. The number of nitrogens with one attached hydrogen (secondary N) is 2. The highest BCUT2D eigenvalue weighted by Crippen LogP contribution is 2.13. The van der Waals surface area contributed by atoms with Crippen LogP contribution in [0.25, 0.3) is 0 Å². The number of nitrogens with zero attached hydrogens (tertiary/aromatic N) is 4. The van der Waals surface area contributed by atoms with E-state index in [9.17, 15) is 9.59 Å². The quantitative estimate of drug-likeness (QED) is 0.728. The molecule has 8 heteroatoms. The minimum absolute atomic E-state index is 0.138. The molecule has 0 spiro atoms. The molecule has 1 aromatic heterocycles. The number of rotatable bonds is 5. The lowest BCUT2D eigenvalue weighted by molar-refractivity contribution is 0.0783. The van der Waals surface area contributed by atoms with Gasteiger partial charge in [0, 0.05) is 37.2 Å². The van der Waals surface area contributed by atoms with Crippen LogP contribution in [0.4, 0.5) is 16.2 Å². The van der Waals surface area contributed by atoms with E-state index in [0.717, 1.165) is 0 Å². The summed E-state index contributed by atoms with van der Waals surface area (Å²) in [7, 11) is 3.48. The number of benzene rings is 2. The lowest BCUT2D eigenvalue weighted by Gasteiger charge is -2.16. The van der Waals surface area contributed by atoms with Gasteiger partial charge in [-0.15, -0.1) is 5.10 Å². The summed E-state index contributed by atoms with van der Waals surface area (Å²) in [5.41, 5.74) is 2.53. The van der Waals surface area contributed by atoms with Crippen molar-refractivity contribution in [3.05, 3.63) is 72.1 Å². The molecule has 0 saturated heterocycles. The number of para-hydroxylation sites is 1. The fourth-order valence-corrected chi connectivity index (χ4v) is 2.51. The van der Waals surface area contributed by atoms with Gasteiger partial charge < -0.3 is 15.5 Å². The van der Waals surface area contributed by atoms with Gasteiger partial charge in [-0.25, -0.2) is 4.79 Å². The van der Waals surface area contributed by atoms with Gasteiger partial charge in [0.05, 0.1) is 6.54 Å². The number of anilines is 2. The third-order valence-electron chi connectivity index (χ3n) is 3.82. The monoisotopic (exact) mass is 364 g/mol. The Bertz CT molecular complexity index is 921. The van der Waals surface area contributed by atoms with Gasteiger partial charge in [-0.2, -0.15) is 0 Å². The van der Waals surface area contributed by atoms with Crippen molar-refractivity contribution < 1.29 is 9.59 Å². The van der Waals surface area contributed by atoms with Crippen molar-refractivity contribution in [1.82, 2.24) is 19.9 Å². The van der Waals surface area contributed by atoms with Gasteiger partial charge >= 0.3 is 6.03 Å². The highest BCUT2D eigenvalue weighted by molar-refractivity contribution is 6.00. The summed E-state index contributed by atoms with van der Waals surface area (Å²) in [6, 6.07) is 15.5. The Balaban J connectivity index is 1.57. The van der Waals surface area contributed by atoms with Gasteiger partial charge in [0.25, 0.3) is 5.91 Å². The summed E-state index contributed by atoms with van der Waals surface area (Å²) >= 11 is 0. The molecule has 2 N–H and O–H groups in total. The van der Waals surface area contributed by atoms with Crippen LogP contribution in [-0.2, 0) is 13.6 Å². The lowest BCUT2D eigenvalue weighted by atomic mass is 10.2. The molecule has 0 aliphatic heterocycles. The number of hydrogen-bond acceptors (Lipinski definition) is 4. The molecule has 3 aromatic rings. The van der Waals surface area contributed by atoms with E-state index >= 15 is 0 Å². The maximum Gasteiger partial charge on any atom is 0.323 e. The Morgan fingerprint density at radius 1 is 1.00 bits per heavy atom. The zero-order valence-corrected chi connectivity index (χ0v) is 15.1. The largest absolute Gasteiger partial charge is 0.336 e. The van der Waals surface area contributed by atoms with E-state index in [1.807, 2.05) is 18.2 Å². The van der Waals surface area contributed by atoms with Crippen LogP contribution in [0.5, 0.6) is 0 Å². The Hall–Kier alpha value is -3.68. The zero-order valence-electron chi connectivity index (χ0n) is 15.1. The highest BCUT2D eigenvalue weighted by atomic mass is 16.2. The first kappa shape index (κ1) is 18.1. The van der Waals surface area contributed by atoms with E-state index in [4.69, 9.17) is 0 Å². The number of carbonyl (C=O) groups excluding carboxylic acids is 2. The van der Waals surface area contributed by atoms with Crippen molar-refractivity contribution in [2.45, 2.75) is 6.54 Å². The van der Waals surface area contributed by atoms with Gasteiger partial charge in [0.15, 0.2) is 0 Å². The Morgan fingerprint density at radius 3 is 2.22 bits per heavy atom. The molecule has 0 atom stereocenters. The molecule has 2 aromatic carbocycles. The van der Waals surface area contributed by atoms with Crippen LogP contribution >= 0.6 is 0 Å². The molecule has 3 rings (SSSR count). The summed E-state index contributed by atoms with van der Waals surface area (Å²) < 4.78 is 1.59. The summed E-state index contributed by atoms with van der Waals surface area (Å²) in [5.74, 6) is -0.138. The second kappa shape index (κ2) is 8.13. The van der Waals surface area contributed by atoms with Gasteiger partial charge in [-0.1, -0.05) is 23.4 Å². The third-order valence-corrected chi connectivity index (χ3v) is 3.82. The molecule has 3 amide bonds. The molecule has 0 aliphatic carbocycles. The zero-order chi connectivity index (χ0) is 19.2. The average Bonchev–Trinajstić information content (AvgIpc) is 3.07. The third kappa shape index (κ3) is 4.91. The number of aromatic nitrogens is 3. The first-order valence-electron chi connectivity index (χ1n) is 8.35. The number of amides is 3. The molecule has 0 aliphatic rings. The van der Waals surface area contributed by atoms with E-state index in [-0.39, 0.29) is 11.9 Å². The van der Waals surface area contributed by atoms with E-state index in [0.29, 0.717) is 29.2 Å². The van der Waals surface area contributed by atoms with Gasteiger partial charge in [-0.05, 0) is 36.4 Å². The molecule has 1 heterocycles. The molecular formula is C19H20N6O2. The molecule has 138 valence electrons. The van der Waals surface area contributed by atoms with Crippen LogP contribution in [0, 0.1) is 0 Å². The Labute approximate surface area is 156 Å². The minimum Gasteiger partial charge on any atom is -0.336 e.